The van der Waals surface area contributed by atoms with Crippen molar-refractivity contribution in [2.45, 2.75) is 26.1 Å². The molecule has 0 aliphatic carbocycles. The zero-order chi connectivity index (χ0) is 17.2. The molecule has 0 aliphatic heterocycles. The Labute approximate surface area is 133 Å². The maximum atomic E-state index is 12.6. The fourth-order valence-corrected chi connectivity index (χ4v) is 2.25. The average molecular weight is 321 g/mol. The first-order chi connectivity index (χ1) is 10.7. The zero-order valence-corrected chi connectivity index (χ0v) is 13.2. The molecule has 0 bridgehead atoms. The lowest BCUT2D eigenvalue weighted by Crippen LogP contribution is -2.29. The van der Waals surface area contributed by atoms with Crippen LogP contribution in [0.15, 0.2) is 48.5 Å². The van der Waals surface area contributed by atoms with Crippen LogP contribution in [0.1, 0.15) is 40.0 Å². The molecule has 1 amide bonds. The Bertz CT molecular complexity index is 675. The monoisotopic (exact) mass is 321 g/mol. The van der Waals surface area contributed by atoms with Gasteiger partial charge in [0.2, 0.25) is 0 Å². The molecule has 2 aromatic rings. The van der Waals surface area contributed by atoms with Gasteiger partial charge in [0, 0.05) is 12.6 Å². The molecule has 23 heavy (non-hydrogen) atoms. The predicted molar refractivity (Wildman–Crippen MR) is 83.1 cm³/mol. The number of alkyl halides is 3. The quantitative estimate of drug-likeness (QED) is 0.791. The molecular formula is C18H18F3NO. The number of benzene rings is 2. The van der Waals surface area contributed by atoms with Crippen LogP contribution in [0.5, 0.6) is 0 Å². The second kappa shape index (κ2) is 6.44. The molecule has 0 aliphatic rings. The van der Waals surface area contributed by atoms with Gasteiger partial charge in [-0.2, -0.15) is 13.2 Å². The molecule has 0 N–H and O–H groups in total. The Hall–Kier alpha value is -2.30. The van der Waals surface area contributed by atoms with Crippen molar-refractivity contribution in [3.05, 3.63) is 70.8 Å². The number of rotatable bonds is 3. The van der Waals surface area contributed by atoms with E-state index >= 15 is 0 Å². The van der Waals surface area contributed by atoms with Crippen molar-refractivity contribution >= 4 is 5.91 Å². The smallest absolute Gasteiger partial charge is 0.335 e. The van der Waals surface area contributed by atoms with Crippen molar-refractivity contribution in [2.75, 3.05) is 7.05 Å². The third-order valence-electron chi connectivity index (χ3n) is 3.92. The standard InChI is InChI=1S/C18H18F3NO/c1-12-4-6-14(7-5-12)13(2)22(3)17(23)15-8-10-16(11-9-15)18(19,20)21/h4-11,13H,1-3H3. The first-order valence-corrected chi connectivity index (χ1v) is 7.21. The van der Waals surface area contributed by atoms with E-state index in [1.165, 1.54) is 17.0 Å². The third kappa shape index (κ3) is 3.92. The predicted octanol–water partition coefficient (Wildman–Crippen LogP) is 4.85. The summed E-state index contributed by atoms with van der Waals surface area (Å²) in [5, 5.41) is 0. The SMILES string of the molecule is Cc1ccc(C(C)N(C)C(=O)c2ccc(C(F)(F)F)cc2)cc1. The lowest BCUT2D eigenvalue weighted by atomic mass is 10.0. The fraction of sp³-hybridized carbons (Fsp3) is 0.278. The molecule has 5 heteroatoms. The number of hydrogen-bond acceptors (Lipinski definition) is 1. The van der Waals surface area contributed by atoms with Crippen LogP contribution in [0.4, 0.5) is 13.2 Å². The summed E-state index contributed by atoms with van der Waals surface area (Å²) in [6.45, 7) is 3.86. The number of carbonyl (C=O) groups excluding carboxylic acids is 1. The fourth-order valence-electron chi connectivity index (χ4n) is 2.25. The number of nitrogens with zero attached hydrogens (tertiary/aromatic N) is 1. The van der Waals surface area contributed by atoms with Crippen molar-refractivity contribution < 1.29 is 18.0 Å². The Balaban J connectivity index is 2.17. The summed E-state index contributed by atoms with van der Waals surface area (Å²) < 4.78 is 37.7. The molecular weight excluding hydrogens is 303 g/mol. The molecule has 2 nitrogen and oxygen atoms in total. The van der Waals surface area contributed by atoms with Crippen molar-refractivity contribution in [1.29, 1.82) is 0 Å². The van der Waals surface area contributed by atoms with Crippen molar-refractivity contribution in [3.63, 3.8) is 0 Å². The summed E-state index contributed by atoms with van der Waals surface area (Å²) in [7, 11) is 1.64. The normalized spacial score (nSPS) is 12.8. The van der Waals surface area contributed by atoms with Crippen LogP contribution >= 0.6 is 0 Å². The molecule has 0 saturated carbocycles. The van der Waals surface area contributed by atoms with E-state index in [0.29, 0.717) is 0 Å². The van der Waals surface area contributed by atoms with Gasteiger partial charge in [0.25, 0.3) is 5.91 Å². The summed E-state index contributed by atoms with van der Waals surface area (Å²) in [6.07, 6.45) is -4.40. The first-order valence-electron chi connectivity index (χ1n) is 7.21. The largest absolute Gasteiger partial charge is 0.416 e. The summed E-state index contributed by atoms with van der Waals surface area (Å²) in [6, 6.07) is 11.9. The number of hydrogen-bond donors (Lipinski definition) is 0. The molecule has 2 aromatic carbocycles. The molecule has 0 heterocycles. The summed E-state index contributed by atoms with van der Waals surface area (Å²) >= 11 is 0. The van der Waals surface area contributed by atoms with E-state index in [2.05, 4.69) is 0 Å². The first kappa shape index (κ1) is 17.1. The molecule has 1 atom stereocenters. The number of carbonyl (C=O) groups is 1. The van der Waals surface area contributed by atoms with Crippen LogP contribution in [0.25, 0.3) is 0 Å². The van der Waals surface area contributed by atoms with E-state index in [9.17, 15) is 18.0 Å². The molecule has 1 unspecified atom stereocenters. The number of aryl methyl sites for hydroxylation is 1. The highest BCUT2D eigenvalue weighted by atomic mass is 19.4. The lowest BCUT2D eigenvalue weighted by molar-refractivity contribution is -0.137. The minimum Gasteiger partial charge on any atom is -0.335 e. The van der Waals surface area contributed by atoms with E-state index in [-0.39, 0.29) is 17.5 Å². The highest BCUT2D eigenvalue weighted by Gasteiger charge is 2.30. The topological polar surface area (TPSA) is 20.3 Å². The van der Waals surface area contributed by atoms with Gasteiger partial charge < -0.3 is 4.90 Å². The van der Waals surface area contributed by atoms with E-state index < -0.39 is 11.7 Å². The van der Waals surface area contributed by atoms with Crippen LogP contribution in [0, 0.1) is 6.92 Å². The number of amides is 1. The molecule has 122 valence electrons. The molecule has 0 radical (unpaired) electrons. The van der Waals surface area contributed by atoms with Crippen molar-refractivity contribution in [2.24, 2.45) is 0 Å². The Morgan fingerprint density at radius 1 is 1.00 bits per heavy atom. The van der Waals surface area contributed by atoms with Gasteiger partial charge in [0.1, 0.15) is 0 Å². The van der Waals surface area contributed by atoms with E-state index in [1.807, 2.05) is 38.1 Å². The second-order valence-electron chi connectivity index (χ2n) is 5.58. The van der Waals surface area contributed by atoms with E-state index in [0.717, 1.165) is 23.3 Å². The summed E-state index contributed by atoms with van der Waals surface area (Å²) in [4.78, 5) is 14.0. The van der Waals surface area contributed by atoms with Gasteiger partial charge in [-0.05, 0) is 43.7 Å². The van der Waals surface area contributed by atoms with Gasteiger partial charge in [-0.25, -0.2) is 0 Å². The van der Waals surface area contributed by atoms with Gasteiger partial charge in [-0.1, -0.05) is 29.8 Å². The van der Waals surface area contributed by atoms with Crippen molar-refractivity contribution in [1.82, 2.24) is 4.90 Å². The van der Waals surface area contributed by atoms with Gasteiger partial charge >= 0.3 is 6.18 Å². The number of halogens is 3. The van der Waals surface area contributed by atoms with E-state index in [1.54, 1.807) is 7.05 Å². The Kier molecular flexibility index (Phi) is 4.78. The highest BCUT2D eigenvalue weighted by Crippen LogP contribution is 2.29. The van der Waals surface area contributed by atoms with Gasteiger partial charge in [0.05, 0.1) is 11.6 Å². The Morgan fingerprint density at radius 3 is 2.00 bits per heavy atom. The van der Waals surface area contributed by atoms with Crippen LogP contribution < -0.4 is 0 Å². The van der Waals surface area contributed by atoms with Crippen molar-refractivity contribution in [3.8, 4) is 0 Å². The third-order valence-corrected chi connectivity index (χ3v) is 3.92. The van der Waals surface area contributed by atoms with Gasteiger partial charge in [0.15, 0.2) is 0 Å². The summed E-state index contributed by atoms with van der Waals surface area (Å²) in [5.74, 6) is -0.313. The zero-order valence-electron chi connectivity index (χ0n) is 13.2. The minimum atomic E-state index is -4.40. The van der Waals surface area contributed by atoms with Gasteiger partial charge in [-0.3, -0.25) is 4.79 Å². The van der Waals surface area contributed by atoms with Crippen LogP contribution in [0.3, 0.4) is 0 Å². The molecule has 0 spiro atoms. The lowest BCUT2D eigenvalue weighted by Gasteiger charge is -2.25. The van der Waals surface area contributed by atoms with Crippen LogP contribution in [0.2, 0.25) is 0 Å². The van der Waals surface area contributed by atoms with E-state index in [4.69, 9.17) is 0 Å². The minimum absolute atomic E-state index is 0.176. The molecule has 0 fully saturated rings. The maximum Gasteiger partial charge on any atom is 0.416 e. The summed E-state index contributed by atoms with van der Waals surface area (Å²) in [5.41, 5.74) is 1.57. The second-order valence-corrected chi connectivity index (χ2v) is 5.58. The van der Waals surface area contributed by atoms with Crippen LogP contribution in [-0.2, 0) is 6.18 Å². The van der Waals surface area contributed by atoms with Crippen LogP contribution in [-0.4, -0.2) is 17.9 Å². The maximum absolute atomic E-state index is 12.6. The molecule has 0 saturated heterocycles. The molecule has 2 rings (SSSR count). The highest BCUT2D eigenvalue weighted by molar-refractivity contribution is 5.94. The molecule has 0 aromatic heterocycles. The Morgan fingerprint density at radius 2 is 1.52 bits per heavy atom. The average Bonchev–Trinajstić information content (AvgIpc) is 2.53. The van der Waals surface area contributed by atoms with Gasteiger partial charge in [-0.15, -0.1) is 0 Å².